The number of aromatic carboxylic acids is 1. The minimum atomic E-state index is -3.70. The first-order chi connectivity index (χ1) is 16.8. The molecular formula is C29H34O6S. The molecule has 0 bridgehead atoms. The summed E-state index contributed by atoms with van der Waals surface area (Å²) in [6, 6.07) is 17.5. The molecule has 7 heteroatoms. The maximum atomic E-state index is 13.1. The summed E-state index contributed by atoms with van der Waals surface area (Å²) >= 11 is 0. The maximum Gasteiger partial charge on any atom is 0.335 e. The number of ether oxygens (including phenoxy) is 2. The van der Waals surface area contributed by atoms with Gasteiger partial charge in [0.15, 0.2) is 0 Å². The van der Waals surface area contributed by atoms with Crippen LogP contribution in [0.1, 0.15) is 70.3 Å². The van der Waals surface area contributed by atoms with Gasteiger partial charge in [0.05, 0.1) is 15.4 Å². The number of carboxylic acid groups (broad SMARTS) is 1. The van der Waals surface area contributed by atoms with Gasteiger partial charge in [-0.3, -0.25) is 0 Å². The highest BCUT2D eigenvalue weighted by Gasteiger charge is 2.22. The Hall–Kier alpha value is -3.32. The SMILES string of the molecule is CCC(C)(C)Oc1cc(Oc2ccc(S(=O)(=O)c3ccc(C(C)(C)CC)cc3)cc2)cc(C(=O)O)c1. The smallest absolute Gasteiger partial charge is 0.335 e. The molecule has 0 radical (unpaired) electrons. The van der Waals surface area contributed by atoms with Crippen molar-refractivity contribution in [2.75, 3.05) is 0 Å². The summed E-state index contributed by atoms with van der Waals surface area (Å²) in [4.78, 5) is 12.0. The first kappa shape index (κ1) is 27.3. The lowest BCUT2D eigenvalue weighted by Crippen LogP contribution is -2.26. The van der Waals surface area contributed by atoms with Crippen molar-refractivity contribution < 1.29 is 27.8 Å². The van der Waals surface area contributed by atoms with Gasteiger partial charge in [-0.2, -0.15) is 0 Å². The van der Waals surface area contributed by atoms with E-state index in [1.165, 1.54) is 24.3 Å². The Kier molecular flexibility index (Phi) is 7.84. The minimum absolute atomic E-state index is 0.0308. The molecule has 0 amide bonds. The lowest BCUT2D eigenvalue weighted by molar-refractivity contribution is 0.0692. The number of benzene rings is 3. The average molecular weight is 511 g/mol. The fourth-order valence-electron chi connectivity index (χ4n) is 3.45. The summed E-state index contributed by atoms with van der Waals surface area (Å²) in [5.74, 6) is -0.0706. The molecule has 3 aromatic carbocycles. The highest BCUT2D eigenvalue weighted by molar-refractivity contribution is 7.91. The lowest BCUT2D eigenvalue weighted by atomic mass is 9.82. The summed E-state index contributed by atoms with van der Waals surface area (Å²) in [6.07, 6.45) is 1.68. The van der Waals surface area contributed by atoms with E-state index in [1.54, 1.807) is 30.3 Å². The molecule has 3 rings (SSSR count). The standard InChI is InChI=1S/C29H34O6S/c1-7-28(3,4)21-9-13-25(14-10-21)36(32,33)26-15-11-22(12-16-26)34-23-17-20(27(30)31)18-24(19-23)35-29(5,6)8-2/h9-19H,7-8H2,1-6H3,(H,30,31). The highest BCUT2D eigenvalue weighted by atomic mass is 32.2. The van der Waals surface area contributed by atoms with Crippen LogP contribution in [0, 0.1) is 0 Å². The molecule has 0 unspecified atom stereocenters. The molecular weight excluding hydrogens is 476 g/mol. The van der Waals surface area contributed by atoms with Crippen LogP contribution in [0.15, 0.2) is 76.5 Å². The van der Waals surface area contributed by atoms with Crippen LogP contribution in [-0.2, 0) is 15.3 Å². The van der Waals surface area contributed by atoms with Crippen LogP contribution >= 0.6 is 0 Å². The lowest BCUT2D eigenvalue weighted by Gasteiger charge is -2.25. The number of carboxylic acids is 1. The average Bonchev–Trinajstić information content (AvgIpc) is 2.84. The van der Waals surface area contributed by atoms with Crippen LogP contribution in [0.25, 0.3) is 0 Å². The van der Waals surface area contributed by atoms with Crippen molar-refractivity contribution in [3.8, 4) is 17.2 Å². The predicted octanol–water partition coefficient (Wildman–Crippen LogP) is 7.26. The third-order valence-electron chi connectivity index (χ3n) is 6.57. The van der Waals surface area contributed by atoms with Gasteiger partial charge in [-0.15, -0.1) is 0 Å². The van der Waals surface area contributed by atoms with E-state index in [9.17, 15) is 18.3 Å². The van der Waals surface area contributed by atoms with Crippen LogP contribution in [0.5, 0.6) is 17.2 Å². The summed E-state index contributed by atoms with van der Waals surface area (Å²) in [6.45, 7) is 12.2. The Balaban J connectivity index is 1.84. The van der Waals surface area contributed by atoms with Crippen molar-refractivity contribution in [3.63, 3.8) is 0 Å². The molecule has 192 valence electrons. The topological polar surface area (TPSA) is 89.9 Å². The monoisotopic (exact) mass is 510 g/mol. The van der Waals surface area contributed by atoms with Gasteiger partial charge in [-0.05, 0) is 86.2 Å². The van der Waals surface area contributed by atoms with Gasteiger partial charge in [0, 0.05) is 6.07 Å². The van der Waals surface area contributed by atoms with Gasteiger partial charge < -0.3 is 14.6 Å². The zero-order valence-electron chi connectivity index (χ0n) is 21.7. The van der Waals surface area contributed by atoms with E-state index in [4.69, 9.17) is 9.47 Å². The van der Waals surface area contributed by atoms with Gasteiger partial charge >= 0.3 is 5.97 Å². The zero-order chi connectivity index (χ0) is 26.7. The Bertz CT molecular complexity index is 1320. The second-order valence-electron chi connectivity index (χ2n) is 10.1. The number of rotatable bonds is 10. The van der Waals surface area contributed by atoms with Crippen molar-refractivity contribution in [2.24, 2.45) is 0 Å². The normalized spacial score (nSPS) is 12.3. The molecule has 0 aromatic heterocycles. The van der Waals surface area contributed by atoms with Crippen LogP contribution < -0.4 is 9.47 Å². The van der Waals surface area contributed by atoms with Crippen LogP contribution in [0.4, 0.5) is 0 Å². The molecule has 0 aliphatic carbocycles. The number of hydrogen-bond donors (Lipinski definition) is 1. The van der Waals surface area contributed by atoms with Crippen LogP contribution in [0.3, 0.4) is 0 Å². The van der Waals surface area contributed by atoms with Crippen molar-refractivity contribution >= 4 is 15.8 Å². The third-order valence-corrected chi connectivity index (χ3v) is 8.36. The van der Waals surface area contributed by atoms with Gasteiger partial charge in [0.2, 0.25) is 9.84 Å². The second-order valence-corrected chi connectivity index (χ2v) is 12.0. The molecule has 0 heterocycles. The molecule has 0 atom stereocenters. The molecule has 0 saturated heterocycles. The Labute approximate surface area is 213 Å². The van der Waals surface area contributed by atoms with E-state index < -0.39 is 21.4 Å². The minimum Gasteiger partial charge on any atom is -0.488 e. The van der Waals surface area contributed by atoms with Crippen molar-refractivity contribution in [3.05, 3.63) is 77.9 Å². The number of sulfone groups is 1. The van der Waals surface area contributed by atoms with Crippen LogP contribution in [0.2, 0.25) is 0 Å². The summed E-state index contributed by atoms with van der Waals surface area (Å²) in [7, 11) is -3.70. The molecule has 0 aliphatic heterocycles. The fourth-order valence-corrected chi connectivity index (χ4v) is 4.71. The number of hydrogen-bond acceptors (Lipinski definition) is 5. The molecule has 0 saturated carbocycles. The molecule has 0 fully saturated rings. The fraction of sp³-hybridized carbons (Fsp3) is 0.345. The van der Waals surface area contributed by atoms with Gasteiger partial charge in [-0.1, -0.05) is 39.8 Å². The van der Waals surface area contributed by atoms with E-state index in [0.717, 1.165) is 18.4 Å². The highest BCUT2D eigenvalue weighted by Crippen LogP contribution is 2.32. The van der Waals surface area contributed by atoms with E-state index in [1.807, 2.05) is 32.9 Å². The largest absolute Gasteiger partial charge is 0.488 e. The molecule has 0 aliphatic rings. The van der Waals surface area contributed by atoms with E-state index in [-0.39, 0.29) is 26.5 Å². The summed E-state index contributed by atoms with van der Waals surface area (Å²) in [5.41, 5.74) is 0.607. The summed E-state index contributed by atoms with van der Waals surface area (Å²) in [5, 5.41) is 9.49. The number of carbonyl (C=O) groups is 1. The Morgan fingerprint density at radius 3 is 1.81 bits per heavy atom. The molecule has 36 heavy (non-hydrogen) atoms. The van der Waals surface area contributed by atoms with E-state index >= 15 is 0 Å². The molecule has 0 spiro atoms. The third kappa shape index (κ3) is 6.26. The molecule has 1 N–H and O–H groups in total. The van der Waals surface area contributed by atoms with Crippen LogP contribution in [-0.4, -0.2) is 25.1 Å². The predicted molar refractivity (Wildman–Crippen MR) is 140 cm³/mol. The Morgan fingerprint density at radius 1 is 0.778 bits per heavy atom. The van der Waals surface area contributed by atoms with Gasteiger partial charge in [0.1, 0.15) is 22.8 Å². The van der Waals surface area contributed by atoms with Gasteiger partial charge in [0.25, 0.3) is 0 Å². The van der Waals surface area contributed by atoms with E-state index in [2.05, 4.69) is 20.8 Å². The molecule has 3 aromatic rings. The van der Waals surface area contributed by atoms with Gasteiger partial charge in [-0.25, -0.2) is 13.2 Å². The Morgan fingerprint density at radius 2 is 1.31 bits per heavy atom. The second kappa shape index (κ2) is 10.3. The maximum absolute atomic E-state index is 13.1. The molecule has 6 nitrogen and oxygen atoms in total. The van der Waals surface area contributed by atoms with Crippen molar-refractivity contribution in [1.82, 2.24) is 0 Å². The first-order valence-corrected chi connectivity index (χ1v) is 13.5. The first-order valence-electron chi connectivity index (χ1n) is 12.0. The summed E-state index contributed by atoms with van der Waals surface area (Å²) < 4.78 is 38.1. The quantitative estimate of drug-likeness (QED) is 0.309. The van der Waals surface area contributed by atoms with Crippen molar-refractivity contribution in [2.45, 2.75) is 75.2 Å². The van der Waals surface area contributed by atoms with Crippen molar-refractivity contribution in [1.29, 1.82) is 0 Å². The zero-order valence-corrected chi connectivity index (χ0v) is 22.5. The van der Waals surface area contributed by atoms with E-state index in [0.29, 0.717) is 11.5 Å².